The van der Waals surface area contributed by atoms with Crippen LogP contribution in [0.3, 0.4) is 0 Å². The summed E-state index contributed by atoms with van der Waals surface area (Å²) in [5.74, 6) is -0.360. The van der Waals surface area contributed by atoms with Gasteiger partial charge >= 0.3 is 5.97 Å². The van der Waals surface area contributed by atoms with E-state index in [1.165, 1.54) is 7.11 Å². The Morgan fingerprint density at radius 3 is 2.41 bits per heavy atom. The molecule has 8 heteroatoms. The number of nitrogens with one attached hydrogen (secondary N) is 1. The van der Waals surface area contributed by atoms with Gasteiger partial charge in [-0.2, -0.15) is 0 Å². The number of hydrogen-bond donors (Lipinski definition) is 1. The van der Waals surface area contributed by atoms with Crippen LogP contribution in [-0.2, 0) is 4.74 Å². The maximum atomic E-state index is 11.9. The van der Waals surface area contributed by atoms with E-state index in [0.717, 1.165) is 27.2 Å². The Morgan fingerprint density at radius 1 is 1.00 bits per heavy atom. The first-order valence-electron chi connectivity index (χ1n) is 10.7. The second kappa shape index (κ2) is 9.40. The number of methoxy groups -OCH3 is 1. The van der Waals surface area contributed by atoms with E-state index in [1.807, 2.05) is 66.9 Å². The molecule has 170 valence electrons. The SMILES string of the molecule is COC(=O)c1ccc(-n2cccc2C2C(c3ccccn3)NC(=S)N2c2ccc(Br)cc2)cc1. The van der Waals surface area contributed by atoms with Crippen LogP contribution in [0.4, 0.5) is 5.69 Å². The van der Waals surface area contributed by atoms with Gasteiger partial charge in [-0.3, -0.25) is 4.98 Å². The number of nitrogens with zero attached hydrogens (tertiary/aromatic N) is 3. The molecule has 1 N–H and O–H groups in total. The summed E-state index contributed by atoms with van der Waals surface area (Å²) in [5, 5.41) is 4.13. The van der Waals surface area contributed by atoms with Crippen LogP contribution in [-0.4, -0.2) is 27.7 Å². The molecule has 2 atom stereocenters. The minimum Gasteiger partial charge on any atom is -0.465 e. The minimum absolute atomic E-state index is 0.152. The Hall–Kier alpha value is -3.49. The van der Waals surface area contributed by atoms with Crippen molar-refractivity contribution in [2.75, 3.05) is 12.0 Å². The zero-order valence-electron chi connectivity index (χ0n) is 18.3. The number of hydrogen-bond acceptors (Lipinski definition) is 4. The Bertz CT molecular complexity index is 1320. The average Bonchev–Trinajstić information content (AvgIpc) is 3.49. The van der Waals surface area contributed by atoms with Crippen LogP contribution >= 0.6 is 28.1 Å². The molecule has 2 aromatic heterocycles. The fourth-order valence-corrected chi connectivity index (χ4v) is 4.89. The summed E-state index contributed by atoms with van der Waals surface area (Å²) in [6.45, 7) is 0. The van der Waals surface area contributed by atoms with Crippen molar-refractivity contribution in [3.8, 4) is 5.69 Å². The lowest BCUT2D eigenvalue weighted by Crippen LogP contribution is -2.30. The molecule has 2 aromatic carbocycles. The van der Waals surface area contributed by atoms with Gasteiger partial charge in [0, 0.05) is 33.9 Å². The topological polar surface area (TPSA) is 59.4 Å². The molecule has 0 spiro atoms. The first kappa shape index (κ1) is 22.3. The standard InChI is InChI=1S/C26H21BrN4O2S/c1-33-25(32)17-7-11-19(12-8-17)30-16-4-6-22(30)24-23(21-5-2-3-15-28-21)29-26(34)31(24)20-13-9-18(27)10-14-20/h2-16,23-24H,1H3,(H,29,34). The molecule has 3 heterocycles. The van der Waals surface area contributed by atoms with Crippen molar-refractivity contribution in [1.29, 1.82) is 0 Å². The molecular formula is C26H21BrN4O2S. The molecule has 5 rings (SSSR count). The van der Waals surface area contributed by atoms with Crippen LogP contribution in [0.5, 0.6) is 0 Å². The molecule has 0 saturated carbocycles. The van der Waals surface area contributed by atoms with Crippen molar-refractivity contribution in [2.45, 2.75) is 12.1 Å². The van der Waals surface area contributed by atoms with E-state index in [9.17, 15) is 4.79 Å². The summed E-state index contributed by atoms with van der Waals surface area (Å²) >= 11 is 9.34. The van der Waals surface area contributed by atoms with Crippen molar-refractivity contribution >= 4 is 44.9 Å². The quantitative estimate of drug-likeness (QED) is 0.266. The lowest BCUT2D eigenvalue weighted by molar-refractivity contribution is 0.0600. The van der Waals surface area contributed by atoms with Crippen LogP contribution < -0.4 is 10.2 Å². The van der Waals surface area contributed by atoms with Gasteiger partial charge in [-0.15, -0.1) is 0 Å². The number of halogens is 1. The second-order valence-corrected chi connectivity index (χ2v) is 9.12. The van der Waals surface area contributed by atoms with Gasteiger partial charge in [0.15, 0.2) is 5.11 Å². The van der Waals surface area contributed by atoms with E-state index in [1.54, 1.807) is 18.3 Å². The van der Waals surface area contributed by atoms with Crippen LogP contribution in [0.1, 0.15) is 33.8 Å². The number of rotatable bonds is 5. The van der Waals surface area contributed by atoms with Crippen LogP contribution in [0.15, 0.2) is 95.7 Å². The van der Waals surface area contributed by atoms with Crippen molar-refractivity contribution in [3.05, 3.63) is 113 Å². The highest BCUT2D eigenvalue weighted by atomic mass is 79.9. The number of benzene rings is 2. The van der Waals surface area contributed by atoms with E-state index in [2.05, 4.69) is 41.8 Å². The number of anilines is 1. The number of thiocarbonyl (C=S) groups is 1. The average molecular weight is 533 g/mol. The van der Waals surface area contributed by atoms with E-state index < -0.39 is 0 Å². The summed E-state index contributed by atoms with van der Waals surface area (Å²) in [5.41, 5.74) is 4.37. The Morgan fingerprint density at radius 2 is 1.74 bits per heavy atom. The maximum absolute atomic E-state index is 11.9. The largest absolute Gasteiger partial charge is 0.465 e. The first-order chi connectivity index (χ1) is 16.6. The third-order valence-electron chi connectivity index (χ3n) is 5.85. The predicted molar refractivity (Wildman–Crippen MR) is 139 cm³/mol. The molecular weight excluding hydrogens is 512 g/mol. The van der Waals surface area contributed by atoms with Gasteiger partial charge in [-0.05, 0) is 85.0 Å². The molecule has 34 heavy (non-hydrogen) atoms. The number of esters is 1. The maximum Gasteiger partial charge on any atom is 0.337 e. The van der Waals surface area contributed by atoms with Crippen LogP contribution in [0.2, 0.25) is 0 Å². The summed E-state index contributed by atoms with van der Waals surface area (Å²) < 4.78 is 7.95. The highest BCUT2D eigenvalue weighted by Crippen LogP contribution is 2.42. The first-order valence-corrected chi connectivity index (χ1v) is 11.9. The third kappa shape index (κ3) is 4.10. The van der Waals surface area contributed by atoms with E-state index in [0.29, 0.717) is 10.7 Å². The van der Waals surface area contributed by atoms with Crippen molar-refractivity contribution in [2.24, 2.45) is 0 Å². The highest BCUT2D eigenvalue weighted by molar-refractivity contribution is 9.10. The molecule has 0 aliphatic carbocycles. The summed E-state index contributed by atoms with van der Waals surface area (Å²) in [6, 6.07) is 25.2. The summed E-state index contributed by atoms with van der Waals surface area (Å²) in [6.07, 6.45) is 3.81. The fourth-order valence-electron chi connectivity index (χ4n) is 4.28. The van der Waals surface area contributed by atoms with Gasteiger partial charge in [-0.25, -0.2) is 4.79 Å². The van der Waals surface area contributed by atoms with E-state index in [-0.39, 0.29) is 18.1 Å². The normalized spacial score (nSPS) is 17.5. The van der Waals surface area contributed by atoms with Crippen molar-refractivity contribution in [1.82, 2.24) is 14.9 Å². The second-order valence-electron chi connectivity index (χ2n) is 7.81. The zero-order valence-corrected chi connectivity index (χ0v) is 20.7. The van der Waals surface area contributed by atoms with Gasteiger partial charge < -0.3 is 19.5 Å². The molecule has 0 bridgehead atoms. The fraction of sp³-hybridized carbons (Fsp3) is 0.115. The molecule has 1 aliphatic heterocycles. The summed E-state index contributed by atoms with van der Waals surface area (Å²) in [4.78, 5) is 18.6. The Labute approximate surface area is 211 Å². The van der Waals surface area contributed by atoms with Gasteiger partial charge in [0.05, 0.1) is 24.4 Å². The number of pyridine rings is 1. The number of aromatic nitrogens is 2. The lowest BCUT2D eigenvalue weighted by atomic mass is 10.0. The van der Waals surface area contributed by atoms with Gasteiger partial charge in [0.1, 0.15) is 6.04 Å². The Balaban J connectivity index is 1.61. The monoisotopic (exact) mass is 532 g/mol. The molecule has 0 amide bonds. The van der Waals surface area contributed by atoms with Gasteiger partial charge in [0.2, 0.25) is 0 Å². The lowest BCUT2D eigenvalue weighted by Gasteiger charge is -2.29. The molecule has 1 saturated heterocycles. The van der Waals surface area contributed by atoms with Crippen LogP contribution in [0, 0.1) is 0 Å². The smallest absolute Gasteiger partial charge is 0.337 e. The van der Waals surface area contributed by atoms with Crippen LogP contribution in [0.25, 0.3) is 5.69 Å². The molecule has 6 nitrogen and oxygen atoms in total. The van der Waals surface area contributed by atoms with Gasteiger partial charge in [0.25, 0.3) is 0 Å². The highest BCUT2D eigenvalue weighted by Gasteiger charge is 2.42. The number of ether oxygens (including phenoxy) is 1. The van der Waals surface area contributed by atoms with Gasteiger partial charge in [-0.1, -0.05) is 22.0 Å². The molecule has 2 unspecified atom stereocenters. The number of carbonyl (C=O) groups excluding carboxylic acids is 1. The molecule has 0 radical (unpaired) electrons. The van der Waals surface area contributed by atoms with E-state index >= 15 is 0 Å². The predicted octanol–water partition coefficient (Wildman–Crippen LogP) is 5.60. The van der Waals surface area contributed by atoms with Crippen molar-refractivity contribution in [3.63, 3.8) is 0 Å². The van der Waals surface area contributed by atoms with Crippen molar-refractivity contribution < 1.29 is 9.53 Å². The zero-order chi connectivity index (χ0) is 23.7. The third-order valence-corrected chi connectivity index (χ3v) is 6.70. The Kier molecular flexibility index (Phi) is 6.17. The number of carbonyl (C=O) groups is 1. The minimum atomic E-state index is -0.360. The summed E-state index contributed by atoms with van der Waals surface area (Å²) in [7, 11) is 1.38. The van der Waals surface area contributed by atoms with E-state index in [4.69, 9.17) is 17.0 Å². The molecule has 1 aliphatic rings. The molecule has 1 fully saturated rings. The molecule has 4 aromatic rings.